The first-order chi connectivity index (χ1) is 32.4. The number of non-ortho nitro benzene ring substituents is 1. The minimum Gasteiger partial charge on any atom is -0.493 e. The van der Waals surface area contributed by atoms with Crippen molar-refractivity contribution in [2.24, 2.45) is 22.9 Å². The van der Waals surface area contributed by atoms with E-state index in [4.69, 9.17) is 28.9 Å². The molecule has 0 aromatic heterocycles. The number of nitrogens with zero attached hydrogens (tertiary/aromatic N) is 3. The van der Waals surface area contributed by atoms with Crippen LogP contribution in [0.15, 0.2) is 113 Å². The van der Waals surface area contributed by atoms with E-state index in [1.165, 1.54) is 18.2 Å². The molecule has 1 saturated carbocycles. The third kappa shape index (κ3) is 13.4. The number of rotatable bonds is 26. The Kier molecular flexibility index (Phi) is 19.0. The highest BCUT2D eigenvalue weighted by molar-refractivity contribution is 7.99. The summed E-state index contributed by atoms with van der Waals surface area (Å²) in [5.74, 6) is -0.592. The molecule has 3 aliphatic rings. The van der Waals surface area contributed by atoms with Crippen molar-refractivity contribution in [2.45, 2.75) is 94.0 Å². The lowest BCUT2D eigenvalue weighted by atomic mass is 9.55. The summed E-state index contributed by atoms with van der Waals surface area (Å²) < 4.78 is 26.7. The molecule has 67 heavy (non-hydrogen) atoms. The Morgan fingerprint density at radius 2 is 1.73 bits per heavy atom. The quantitative estimate of drug-likeness (QED) is 0.0174. The lowest BCUT2D eigenvalue weighted by molar-refractivity contribution is -0.384. The zero-order chi connectivity index (χ0) is 47.8. The largest absolute Gasteiger partial charge is 0.493 e. The average Bonchev–Trinajstić information content (AvgIpc) is 3.32. The van der Waals surface area contributed by atoms with Gasteiger partial charge in [-0.2, -0.15) is 0 Å². The first-order valence-electron chi connectivity index (χ1n) is 23.4. The molecular weight excluding hydrogens is 875 g/mol. The second kappa shape index (κ2) is 24.8. The third-order valence-corrected chi connectivity index (χ3v) is 13.3. The van der Waals surface area contributed by atoms with Crippen LogP contribution in [0.3, 0.4) is 0 Å². The zero-order valence-corrected chi connectivity index (χ0v) is 39.8. The standard InChI is InChI=1S/C52H67N3O11S/c1-5-29-64-52-47(54(25-30-62-31-28-58)48(59)24-19-37-17-20-39(21-18-37)55(60)61)36-45(53-66-51(2,3)4)43-34-38(13-9-11-26-56)42(16-10-12-27-57)49(50(43)52)44-35-40(22-23-46(44)65-52)63-32-33-67-41-14-7-6-8-15-41/h5-8,14-15,17-24,34-35,38,42,47,49-50,56-58H,1,9-13,16,25-33,36H2,2-4H3/t38-,42+,47-,49+,50+,52+/m0/s1. The summed E-state index contributed by atoms with van der Waals surface area (Å²) in [5, 5.41) is 45.9. The van der Waals surface area contributed by atoms with Crippen LogP contribution in [0.25, 0.3) is 6.08 Å². The summed E-state index contributed by atoms with van der Waals surface area (Å²) in [4.78, 5) is 34.9. The van der Waals surface area contributed by atoms with Gasteiger partial charge in [-0.3, -0.25) is 14.9 Å². The number of aliphatic hydroxyl groups is 3. The van der Waals surface area contributed by atoms with Crippen molar-refractivity contribution in [3.05, 3.63) is 124 Å². The fourth-order valence-corrected chi connectivity index (χ4v) is 10.2. The van der Waals surface area contributed by atoms with Crippen LogP contribution >= 0.6 is 11.8 Å². The van der Waals surface area contributed by atoms with E-state index in [1.54, 1.807) is 40.9 Å². The van der Waals surface area contributed by atoms with Gasteiger partial charge in [0.2, 0.25) is 11.7 Å². The minimum absolute atomic E-state index is 0.0137. The smallest absolute Gasteiger partial charge is 0.269 e. The molecule has 0 radical (unpaired) electrons. The predicted molar refractivity (Wildman–Crippen MR) is 260 cm³/mol. The summed E-state index contributed by atoms with van der Waals surface area (Å²) in [6, 6.07) is 21.2. The molecule has 0 saturated heterocycles. The number of hydrogen-bond acceptors (Lipinski definition) is 13. The Morgan fingerprint density at radius 1 is 0.985 bits per heavy atom. The van der Waals surface area contributed by atoms with E-state index in [0.29, 0.717) is 42.2 Å². The summed E-state index contributed by atoms with van der Waals surface area (Å²) in [6.07, 6.45) is 11.6. The molecule has 1 heterocycles. The lowest BCUT2D eigenvalue weighted by Crippen LogP contribution is -2.70. The van der Waals surface area contributed by atoms with E-state index < -0.39 is 28.3 Å². The molecule has 6 atom stereocenters. The van der Waals surface area contributed by atoms with Gasteiger partial charge in [0.25, 0.3) is 5.69 Å². The van der Waals surface area contributed by atoms with Crippen LogP contribution in [0.1, 0.15) is 82.8 Å². The van der Waals surface area contributed by atoms with E-state index in [1.807, 2.05) is 51.1 Å². The second-order valence-electron chi connectivity index (χ2n) is 18.0. The molecule has 0 spiro atoms. The number of carbonyl (C=O) groups excluding carboxylic acids is 1. The minimum atomic E-state index is -1.51. The van der Waals surface area contributed by atoms with Crippen molar-refractivity contribution in [1.82, 2.24) is 4.90 Å². The van der Waals surface area contributed by atoms with Crippen LogP contribution in [0.5, 0.6) is 11.5 Å². The molecule has 1 aliphatic heterocycles. The molecule has 3 N–H and O–H groups in total. The van der Waals surface area contributed by atoms with Crippen LogP contribution in [-0.4, -0.2) is 113 Å². The maximum atomic E-state index is 14.9. The van der Waals surface area contributed by atoms with Gasteiger partial charge in [0.1, 0.15) is 23.1 Å². The number of fused-ring (bicyclic) bond motifs is 2. The molecule has 3 aromatic rings. The fourth-order valence-electron chi connectivity index (χ4n) is 9.49. The monoisotopic (exact) mass is 941 g/mol. The third-order valence-electron chi connectivity index (χ3n) is 12.3. The number of benzene rings is 3. The molecule has 6 rings (SSSR count). The van der Waals surface area contributed by atoms with E-state index in [-0.39, 0.29) is 82.0 Å². The molecule has 0 bridgehead atoms. The van der Waals surface area contributed by atoms with Crippen molar-refractivity contribution < 1.29 is 48.8 Å². The number of amides is 1. The van der Waals surface area contributed by atoms with Gasteiger partial charge in [0.15, 0.2) is 0 Å². The summed E-state index contributed by atoms with van der Waals surface area (Å²) in [6.45, 7) is 10.6. The lowest BCUT2D eigenvalue weighted by Gasteiger charge is -2.60. The highest BCUT2D eigenvalue weighted by Gasteiger charge is 2.65. The first kappa shape index (κ1) is 51.4. The zero-order valence-electron chi connectivity index (χ0n) is 39.0. The van der Waals surface area contributed by atoms with Crippen LogP contribution in [-0.2, 0) is 19.1 Å². The number of nitro groups is 1. The van der Waals surface area contributed by atoms with Gasteiger partial charge in [-0.25, -0.2) is 0 Å². The Balaban J connectivity index is 1.53. The van der Waals surface area contributed by atoms with Gasteiger partial charge in [0.05, 0.1) is 49.6 Å². The number of nitro benzene ring substituents is 1. The van der Waals surface area contributed by atoms with Gasteiger partial charge in [0, 0.05) is 66.5 Å². The molecule has 14 nitrogen and oxygen atoms in total. The number of ether oxygens (including phenoxy) is 4. The molecule has 1 amide bonds. The molecule has 0 unspecified atom stereocenters. The van der Waals surface area contributed by atoms with Gasteiger partial charge >= 0.3 is 0 Å². The first-order valence-corrected chi connectivity index (χ1v) is 24.4. The van der Waals surface area contributed by atoms with E-state index in [2.05, 4.69) is 30.9 Å². The Morgan fingerprint density at radius 3 is 2.42 bits per heavy atom. The molecule has 2 aliphatic carbocycles. The topological polar surface area (TPSA) is 183 Å². The number of aliphatic hydroxyl groups excluding tert-OH is 3. The maximum absolute atomic E-state index is 14.9. The van der Waals surface area contributed by atoms with Crippen molar-refractivity contribution in [3.63, 3.8) is 0 Å². The van der Waals surface area contributed by atoms with Gasteiger partial charge in [-0.05, 0) is 118 Å². The van der Waals surface area contributed by atoms with Crippen molar-refractivity contribution in [3.8, 4) is 11.5 Å². The molecular formula is C52H67N3O11S. The highest BCUT2D eigenvalue weighted by Crippen LogP contribution is 2.62. The summed E-state index contributed by atoms with van der Waals surface area (Å²) in [5.41, 5.74) is 2.38. The van der Waals surface area contributed by atoms with Crippen LogP contribution in [0.4, 0.5) is 5.69 Å². The fraction of sp³-hybridized carbons (Fsp3) is 0.500. The Bertz CT molecular complexity index is 2180. The van der Waals surface area contributed by atoms with Crippen LogP contribution < -0.4 is 9.47 Å². The SMILES string of the molecule is C=CCO[C@@]12Oc3ccc(OCCSc4ccccc4)cc3[C@H]3[C@H](CCCCO)[C@@H](CCCCO)C=C(C(=NOC(C)(C)C)C[C@@H]1N(CCOCCO)C(=O)C=Cc1ccc([N+](=O)[O-])cc1)[C@H]32. The summed E-state index contributed by atoms with van der Waals surface area (Å²) in [7, 11) is 0. The number of allylic oxidation sites excluding steroid dienone is 1. The van der Waals surface area contributed by atoms with Gasteiger partial charge < -0.3 is 44.0 Å². The average molecular weight is 942 g/mol. The predicted octanol–water partition coefficient (Wildman–Crippen LogP) is 8.75. The number of oxime groups is 1. The normalized spacial score (nSPS) is 22.6. The van der Waals surface area contributed by atoms with E-state index >= 15 is 0 Å². The van der Waals surface area contributed by atoms with Gasteiger partial charge in [-0.1, -0.05) is 48.3 Å². The number of hydrogen-bond donors (Lipinski definition) is 3. The van der Waals surface area contributed by atoms with Crippen molar-refractivity contribution >= 4 is 35.1 Å². The highest BCUT2D eigenvalue weighted by atomic mass is 32.2. The van der Waals surface area contributed by atoms with Gasteiger partial charge in [-0.15, -0.1) is 18.3 Å². The molecule has 15 heteroatoms. The van der Waals surface area contributed by atoms with Crippen LogP contribution in [0, 0.1) is 27.9 Å². The second-order valence-corrected chi connectivity index (χ2v) is 19.2. The number of unbranched alkanes of at least 4 members (excludes halogenated alkanes) is 2. The van der Waals surface area contributed by atoms with E-state index in [9.17, 15) is 30.2 Å². The molecule has 1 fully saturated rings. The van der Waals surface area contributed by atoms with E-state index in [0.717, 1.165) is 47.5 Å². The van der Waals surface area contributed by atoms with Crippen LogP contribution in [0.2, 0.25) is 0 Å². The number of carbonyl (C=O) groups is 1. The number of thioether (sulfide) groups is 1. The molecule has 362 valence electrons. The van der Waals surface area contributed by atoms with Crippen molar-refractivity contribution in [1.29, 1.82) is 0 Å². The van der Waals surface area contributed by atoms with Crippen molar-refractivity contribution in [2.75, 3.05) is 58.5 Å². The maximum Gasteiger partial charge on any atom is 0.269 e. The Labute approximate surface area is 398 Å². The summed E-state index contributed by atoms with van der Waals surface area (Å²) >= 11 is 1.72. The molecule has 3 aromatic carbocycles. The Hall–Kier alpha value is -5.03.